The van der Waals surface area contributed by atoms with E-state index in [4.69, 9.17) is 4.98 Å². The lowest BCUT2D eigenvalue weighted by Gasteiger charge is -2.45. The maximum Gasteiger partial charge on any atom is 0.252 e. The third-order valence-corrected chi connectivity index (χ3v) is 20.3. The highest BCUT2D eigenvalue weighted by Gasteiger charge is 2.45. The van der Waals surface area contributed by atoms with Crippen molar-refractivity contribution in [3.8, 4) is 33.6 Å². The van der Waals surface area contributed by atoms with Gasteiger partial charge in [-0.3, -0.25) is 0 Å². The second-order valence-corrected chi connectivity index (χ2v) is 33.2. The van der Waals surface area contributed by atoms with E-state index in [1.165, 1.54) is 170 Å². The van der Waals surface area contributed by atoms with Gasteiger partial charge in [-0.25, -0.2) is 4.98 Å². The fourth-order valence-corrected chi connectivity index (χ4v) is 14.6. The lowest BCUT2D eigenvalue weighted by atomic mass is 9.33. The summed E-state index contributed by atoms with van der Waals surface area (Å²) in [6, 6.07) is 59.3. The first-order valence-electron chi connectivity index (χ1n) is 33.5. The number of fused-ring (bicyclic) bond motifs is 4. The van der Waals surface area contributed by atoms with E-state index in [0.29, 0.717) is 11.8 Å². The minimum Gasteiger partial charge on any atom is -0.311 e. The van der Waals surface area contributed by atoms with Crippen LogP contribution in [0.4, 0.5) is 34.1 Å². The fourth-order valence-electron chi connectivity index (χ4n) is 14.6. The standard InChI is InChI=1S/C83H100BN3/c1-78(2,3)61-31-35-67(36-32-61)86-73-47-55(53-25-21-19-22-26-53)29-39-69(73)84-70-40-30-56(54-27-23-20-24-28-54)48-74(70)87(68-37-33-62(34-38-68)79(4,5)6)76-50-60(49-75(86)77(76)84)72-46-58(57-41-63(80(7,8)9)51-64(42-57)81(10,11)12)45-71(85-72)59-43-65(82(13,14)15)52-66(44-59)83(16,17)18/h29-54H,19-28H2,1-18H3. The van der Waals surface area contributed by atoms with Crippen LogP contribution in [-0.4, -0.2) is 11.7 Å². The summed E-state index contributed by atoms with van der Waals surface area (Å²) >= 11 is 0. The molecule has 3 heterocycles. The number of pyridine rings is 1. The van der Waals surface area contributed by atoms with Crippen LogP contribution < -0.4 is 26.2 Å². The zero-order valence-electron chi connectivity index (χ0n) is 56.5. The van der Waals surface area contributed by atoms with Gasteiger partial charge in [0.25, 0.3) is 6.71 Å². The van der Waals surface area contributed by atoms with E-state index in [1.807, 2.05) is 0 Å². The Hall–Kier alpha value is -6.65. The molecule has 0 amide bonds. The average Bonchev–Trinajstić information content (AvgIpc) is 0.704. The number of benzene rings is 7. The summed E-state index contributed by atoms with van der Waals surface area (Å²) in [6.45, 7) is 42.3. The highest BCUT2D eigenvalue weighted by molar-refractivity contribution is 7.00. The molecule has 0 radical (unpaired) electrons. The van der Waals surface area contributed by atoms with Crippen LogP contribution in [-0.2, 0) is 32.5 Å². The van der Waals surface area contributed by atoms with Gasteiger partial charge in [-0.15, -0.1) is 0 Å². The molecule has 12 rings (SSSR count). The molecule has 0 N–H and O–H groups in total. The van der Waals surface area contributed by atoms with Crippen molar-refractivity contribution >= 4 is 57.2 Å². The van der Waals surface area contributed by atoms with Gasteiger partial charge in [0.05, 0.1) is 11.4 Å². The zero-order valence-corrected chi connectivity index (χ0v) is 56.5. The largest absolute Gasteiger partial charge is 0.311 e. The molecular formula is C83H100BN3. The van der Waals surface area contributed by atoms with E-state index in [2.05, 4.69) is 280 Å². The maximum atomic E-state index is 6.02. The van der Waals surface area contributed by atoms with Gasteiger partial charge in [0.15, 0.2) is 0 Å². The molecule has 3 nitrogen and oxygen atoms in total. The van der Waals surface area contributed by atoms with Crippen LogP contribution in [0, 0.1) is 0 Å². The average molecular weight is 1150 g/mol. The quantitative estimate of drug-likeness (QED) is 0.148. The smallest absolute Gasteiger partial charge is 0.252 e. The van der Waals surface area contributed by atoms with Crippen molar-refractivity contribution in [2.75, 3.05) is 9.80 Å². The Morgan fingerprint density at radius 2 is 0.632 bits per heavy atom. The van der Waals surface area contributed by atoms with E-state index in [-0.39, 0.29) is 39.2 Å². The molecule has 0 atom stereocenters. The zero-order chi connectivity index (χ0) is 61.9. The molecule has 2 saturated carbocycles. The van der Waals surface area contributed by atoms with Crippen molar-refractivity contribution in [2.24, 2.45) is 0 Å². The molecule has 2 aliphatic carbocycles. The second kappa shape index (κ2) is 22.1. The number of hydrogen-bond acceptors (Lipinski definition) is 3. The Labute approximate surface area is 526 Å². The van der Waals surface area contributed by atoms with E-state index in [0.717, 1.165) is 22.5 Å². The summed E-state index contributed by atoms with van der Waals surface area (Å²) in [7, 11) is 0. The van der Waals surface area contributed by atoms with Crippen LogP contribution in [0.3, 0.4) is 0 Å². The SMILES string of the molecule is CC(C)(C)c1ccc(N2c3cc(C4CCCCC4)ccc3B3c4ccc(C5CCCCC5)cc4N(c4ccc(C(C)(C)C)cc4)c4cc(-c5cc(-c6cc(C(C)(C)C)cc(C(C)(C)C)c6)cc(-c6cc(C(C)(C)C)cc(C(C)(C)C)c6)n5)cc2c43)cc1. The normalized spacial score (nSPS) is 16.2. The molecule has 4 aliphatic rings. The fraction of sp³-hybridized carbons (Fsp3) is 0.434. The Morgan fingerprint density at radius 3 is 0.977 bits per heavy atom. The van der Waals surface area contributed by atoms with Crippen LogP contribution in [0.25, 0.3) is 33.6 Å². The van der Waals surface area contributed by atoms with Gasteiger partial charge in [-0.1, -0.05) is 236 Å². The first-order valence-corrected chi connectivity index (χ1v) is 33.5. The predicted octanol–water partition coefficient (Wildman–Crippen LogP) is 22.0. The minimum atomic E-state index is -0.0693. The number of anilines is 6. The molecule has 4 heteroatoms. The van der Waals surface area contributed by atoms with E-state index < -0.39 is 0 Å². The molecule has 2 aliphatic heterocycles. The van der Waals surface area contributed by atoms with Crippen molar-refractivity contribution in [2.45, 2.75) is 233 Å². The van der Waals surface area contributed by atoms with Gasteiger partial charge in [0, 0.05) is 45.3 Å². The highest BCUT2D eigenvalue weighted by atomic mass is 15.2. The van der Waals surface area contributed by atoms with Crippen molar-refractivity contribution < 1.29 is 0 Å². The third kappa shape index (κ3) is 11.9. The van der Waals surface area contributed by atoms with E-state index in [1.54, 1.807) is 0 Å². The maximum absolute atomic E-state index is 6.02. The van der Waals surface area contributed by atoms with Gasteiger partial charge < -0.3 is 9.80 Å². The highest BCUT2D eigenvalue weighted by Crippen LogP contribution is 2.50. The number of hydrogen-bond donors (Lipinski definition) is 0. The molecule has 8 aromatic rings. The lowest BCUT2D eigenvalue weighted by Crippen LogP contribution is -2.61. The molecule has 87 heavy (non-hydrogen) atoms. The summed E-state index contributed by atoms with van der Waals surface area (Å²) in [4.78, 5) is 11.4. The molecule has 450 valence electrons. The first-order chi connectivity index (χ1) is 40.9. The van der Waals surface area contributed by atoms with Crippen molar-refractivity contribution in [3.63, 3.8) is 0 Å². The molecule has 0 spiro atoms. The van der Waals surface area contributed by atoms with Crippen LogP contribution in [0.2, 0.25) is 0 Å². The Morgan fingerprint density at radius 1 is 0.310 bits per heavy atom. The molecule has 7 aromatic carbocycles. The van der Waals surface area contributed by atoms with Gasteiger partial charge in [0.2, 0.25) is 0 Å². The minimum absolute atomic E-state index is 0.00632. The van der Waals surface area contributed by atoms with Gasteiger partial charge >= 0.3 is 0 Å². The molecular weight excluding hydrogens is 1050 g/mol. The summed E-state index contributed by atoms with van der Waals surface area (Å²) in [5.41, 5.74) is 29.0. The monoisotopic (exact) mass is 1150 g/mol. The first kappa shape index (κ1) is 60.6. The van der Waals surface area contributed by atoms with E-state index in [9.17, 15) is 0 Å². The van der Waals surface area contributed by atoms with E-state index >= 15 is 0 Å². The molecule has 0 bridgehead atoms. The molecule has 0 unspecified atom stereocenters. The second-order valence-electron chi connectivity index (χ2n) is 33.2. The summed E-state index contributed by atoms with van der Waals surface area (Å²) < 4.78 is 0. The summed E-state index contributed by atoms with van der Waals surface area (Å²) in [6.07, 6.45) is 12.9. The Bertz CT molecular complexity index is 3570. The Balaban J connectivity index is 1.21. The van der Waals surface area contributed by atoms with Crippen molar-refractivity contribution in [3.05, 3.63) is 190 Å². The topological polar surface area (TPSA) is 19.4 Å². The summed E-state index contributed by atoms with van der Waals surface area (Å²) in [5.74, 6) is 1.11. The van der Waals surface area contributed by atoms with Crippen molar-refractivity contribution in [1.82, 2.24) is 4.98 Å². The Kier molecular flexibility index (Phi) is 15.4. The van der Waals surface area contributed by atoms with Crippen LogP contribution in [0.5, 0.6) is 0 Å². The van der Waals surface area contributed by atoms with Crippen LogP contribution >= 0.6 is 0 Å². The summed E-state index contributed by atoms with van der Waals surface area (Å²) in [5, 5.41) is 0. The molecule has 0 saturated heterocycles. The number of rotatable bonds is 7. The number of aromatic nitrogens is 1. The van der Waals surface area contributed by atoms with Crippen LogP contribution in [0.15, 0.2) is 146 Å². The third-order valence-electron chi connectivity index (χ3n) is 20.3. The number of nitrogens with zero attached hydrogens (tertiary/aromatic N) is 3. The predicted molar refractivity (Wildman–Crippen MR) is 378 cm³/mol. The van der Waals surface area contributed by atoms with Crippen molar-refractivity contribution in [1.29, 1.82) is 0 Å². The van der Waals surface area contributed by atoms with Gasteiger partial charge in [-0.2, -0.15) is 0 Å². The van der Waals surface area contributed by atoms with Crippen LogP contribution in [0.1, 0.15) is 245 Å². The molecule has 2 fully saturated rings. The molecule has 1 aromatic heterocycles. The van der Waals surface area contributed by atoms with Gasteiger partial charge in [0.1, 0.15) is 0 Å². The van der Waals surface area contributed by atoms with Gasteiger partial charge in [-0.05, 0) is 215 Å². The lowest BCUT2D eigenvalue weighted by molar-refractivity contribution is 0.444.